The zero-order valence-electron chi connectivity index (χ0n) is 5.32. The van der Waals surface area contributed by atoms with Crippen molar-refractivity contribution in [2.45, 2.75) is 4.21 Å². The van der Waals surface area contributed by atoms with E-state index in [9.17, 15) is 10.1 Å². The average molecular weight is 254 g/mol. The third kappa shape index (κ3) is 3.22. The van der Waals surface area contributed by atoms with Crippen LogP contribution in [0.5, 0.6) is 0 Å². The van der Waals surface area contributed by atoms with Crippen molar-refractivity contribution in [1.82, 2.24) is 0 Å². The van der Waals surface area contributed by atoms with E-state index in [0.29, 0.717) is 0 Å². The van der Waals surface area contributed by atoms with Crippen molar-refractivity contribution in [2.75, 3.05) is 5.88 Å². The lowest BCUT2D eigenvalue weighted by molar-refractivity contribution is -0.456. The van der Waals surface area contributed by atoms with Crippen LogP contribution < -0.4 is 0 Å². The van der Waals surface area contributed by atoms with Gasteiger partial charge in [-0.05, 0) is 33.8 Å². The standard InChI is InChI=1S/C5H4BrNO2S2/c6-4-1-5(10-2-4)11-3-7(8)9/h1-2H,3H2. The molecule has 0 aliphatic heterocycles. The number of halogens is 1. The molecule has 1 aromatic rings. The van der Waals surface area contributed by atoms with Gasteiger partial charge >= 0.3 is 0 Å². The maximum Gasteiger partial charge on any atom is 0.254 e. The Morgan fingerprint density at radius 2 is 2.55 bits per heavy atom. The highest BCUT2D eigenvalue weighted by Gasteiger charge is 2.02. The lowest BCUT2D eigenvalue weighted by Crippen LogP contribution is -1.93. The average Bonchev–Trinajstić information content (AvgIpc) is 2.31. The molecule has 0 spiro atoms. The summed E-state index contributed by atoms with van der Waals surface area (Å²) in [5, 5.41) is 11.9. The van der Waals surface area contributed by atoms with Crippen LogP contribution in [-0.4, -0.2) is 10.8 Å². The van der Waals surface area contributed by atoms with Gasteiger partial charge in [-0.1, -0.05) is 0 Å². The topological polar surface area (TPSA) is 43.1 Å². The van der Waals surface area contributed by atoms with Gasteiger partial charge in [0.05, 0.1) is 4.21 Å². The van der Waals surface area contributed by atoms with Crippen LogP contribution >= 0.6 is 39.0 Å². The minimum Gasteiger partial charge on any atom is -0.264 e. The second-order valence-corrected chi connectivity index (χ2v) is 4.76. The van der Waals surface area contributed by atoms with E-state index in [2.05, 4.69) is 15.9 Å². The number of hydrogen-bond acceptors (Lipinski definition) is 4. The molecule has 1 aromatic heterocycles. The van der Waals surface area contributed by atoms with E-state index >= 15 is 0 Å². The minimum absolute atomic E-state index is 0.0625. The fraction of sp³-hybridized carbons (Fsp3) is 0.200. The van der Waals surface area contributed by atoms with Gasteiger partial charge in [0, 0.05) is 14.8 Å². The molecule has 0 aliphatic rings. The van der Waals surface area contributed by atoms with Gasteiger partial charge in [-0.3, -0.25) is 10.1 Å². The Kier molecular flexibility index (Phi) is 3.35. The van der Waals surface area contributed by atoms with Crippen LogP contribution in [0.15, 0.2) is 20.1 Å². The molecule has 3 nitrogen and oxygen atoms in total. The zero-order valence-corrected chi connectivity index (χ0v) is 8.54. The van der Waals surface area contributed by atoms with Crippen molar-refractivity contribution in [3.8, 4) is 0 Å². The predicted molar refractivity (Wildman–Crippen MR) is 49.7 cm³/mol. The third-order valence-electron chi connectivity index (χ3n) is 0.856. The van der Waals surface area contributed by atoms with Crippen LogP contribution in [0.2, 0.25) is 0 Å². The normalized spacial score (nSPS) is 9.91. The first kappa shape index (κ1) is 9.02. The van der Waals surface area contributed by atoms with Crippen LogP contribution in [0.3, 0.4) is 0 Å². The molecule has 1 heterocycles. The van der Waals surface area contributed by atoms with Gasteiger partial charge in [0.25, 0.3) is 5.88 Å². The monoisotopic (exact) mass is 253 g/mol. The molecule has 0 bridgehead atoms. The quantitative estimate of drug-likeness (QED) is 0.360. The Hall–Kier alpha value is -0.0700. The fourth-order valence-electron chi connectivity index (χ4n) is 0.487. The largest absolute Gasteiger partial charge is 0.264 e. The Morgan fingerprint density at radius 3 is 3.00 bits per heavy atom. The number of hydrogen-bond donors (Lipinski definition) is 0. The van der Waals surface area contributed by atoms with E-state index < -0.39 is 0 Å². The van der Waals surface area contributed by atoms with E-state index in [1.165, 1.54) is 23.1 Å². The van der Waals surface area contributed by atoms with E-state index in [1.807, 2.05) is 11.4 Å². The van der Waals surface area contributed by atoms with Crippen molar-refractivity contribution >= 4 is 39.0 Å². The van der Waals surface area contributed by atoms with E-state index in [0.717, 1.165) is 8.68 Å². The Balaban J connectivity index is 2.45. The first-order valence-corrected chi connectivity index (χ1v) is 5.33. The number of thiophene rings is 1. The Morgan fingerprint density at radius 1 is 1.82 bits per heavy atom. The molecule has 0 aliphatic carbocycles. The minimum atomic E-state index is -0.335. The molecule has 0 saturated carbocycles. The summed E-state index contributed by atoms with van der Waals surface area (Å²) in [6, 6.07) is 1.87. The van der Waals surface area contributed by atoms with Crippen LogP contribution in [0.25, 0.3) is 0 Å². The summed E-state index contributed by atoms with van der Waals surface area (Å²) >= 11 is 6.01. The van der Waals surface area contributed by atoms with Gasteiger partial charge in [0.15, 0.2) is 0 Å². The molecular weight excluding hydrogens is 250 g/mol. The molecule has 0 N–H and O–H groups in total. The lowest BCUT2D eigenvalue weighted by Gasteiger charge is -1.88. The summed E-state index contributed by atoms with van der Waals surface area (Å²) in [7, 11) is 0. The van der Waals surface area contributed by atoms with Gasteiger partial charge < -0.3 is 0 Å². The van der Waals surface area contributed by atoms with E-state index in [1.54, 1.807) is 0 Å². The van der Waals surface area contributed by atoms with Crippen LogP contribution in [0.4, 0.5) is 0 Å². The summed E-state index contributed by atoms with van der Waals surface area (Å²) in [5.74, 6) is -0.0625. The van der Waals surface area contributed by atoms with Gasteiger partial charge in [-0.2, -0.15) is 0 Å². The SMILES string of the molecule is O=[N+]([O-])CSc1cc(Br)cs1. The molecule has 0 aromatic carbocycles. The molecule has 0 radical (unpaired) electrons. The highest BCUT2D eigenvalue weighted by molar-refractivity contribution is 9.10. The summed E-state index contributed by atoms with van der Waals surface area (Å²) < 4.78 is 1.95. The number of nitrogens with zero attached hydrogens (tertiary/aromatic N) is 1. The molecule has 1 rings (SSSR count). The molecule has 6 heteroatoms. The summed E-state index contributed by atoms with van der Waals surface area (Å²) in [5.41, 5.74) is 0. The Bertz CT molecular complexity index is 263. The summed E-state index contributed by atoms with van der Waals surface area (Å²) in [6.07, 6.45) is 0. The maximum atomic E-state index is 9.96. The molecule has 0 amide bonds. The van der Waals surface area contributed by atoms with Crippen molar-refractivity contribution < 1.29 is 4.92 Å². The van der Waals surface area contributed by atoms with Crippen molar-refractivity contribution in [3.63, 3.8) is 0 Å². The first-order valence-electron chi connectivity index (χ1n) is 2.67. The lowest BCUT2D eigenvalue weighted by atomic mass is 10.7. The molecule has 0 atom stereocenters. The number of rotatable bonds is 3. The molecule has 11 heavy (non-hydrogen) atoms. The summed E-state index contributed by atoms with van der Waals surface area (Å²) in [4.78, 5) is 9.62. The number of thioether (sulfide) groups is 1. The fourth-order valence-corrected chi connectivity index (χ4v) is 2.81. The second-order valence-electron chi connectivity index (χ2n) is 1.69. The van der Waals surface area contributed by atoms with Crippen LogP contribution in [-0.2, 0) is 0 Å². The highest BCUT2D eigenvalue weighted by atomic mass is 79.9. The first-order chi connectivity index (χ1) is 5.18. The second kappa shape index (κ2) is 4.08. The third-order valence-corrected chi connectivity index (χ3v) is 3.72. The van der Waals surface area contributed by atoms with Crippen molar-refractivity contribution in [3.05, 3.63) is 26.0 Å². The zero-order chi connectivity index (χ0) is 8.27. The van der Waals surface area contributed by atoms with E-state index in [-0.39, 0.29) is 10.8 Å². The van der Waals surface area contributed by atoms with E-state index in [4.69, 9.17) is 0 Å². The van der Waals surface area contributed by atoms with Gasteiger partial charge in [0.2, 0.25) is 0 Å². The maximum absolute atomic E-state index is 9.96. The van der Waals surface area contributed by atoms with Crippen molar-refractivity contribution in [1.29, 1.82) is 0 Å². The smallest absolute Gasteiger partial charge is 0.254 e. The highest BCUT2D eigenvalue weighted by Crippen LogP contribution is 2.28. The van der Waals surface area contributed by atoms with Crippen molar-refractivity contribution in [2.24, 2.45) is 0 Å². The van der Waals surface area contributed by atoms with Crippen LogP contribution in [0.1, 0.15) is 0 Å². The molecule has 0 saturated heterocycles. The van der Waals surface area contributed by atoms with Crippen LogP contribution in [0, 0.1) is 10.1 Å². The molecule has 0 fully saturated rings. The molecule has 0 unspecified atom stereocenters. The number of nitro groups is 1. The van der Waals surface area contributed by atoms with Gasteiger partial charge in [-0.15, -0.1) is 11.3 Å². The Labute approximate surface area is 80.1 Å². The van der Waals surface area contributed by atoms with Gasteiger partial charge in [-0.25, -0.2) is 0 Å². The molecular formula is C5H4BrNO2S2. The molecule has 60 valence electrons. The van der Waals surface area contributed by atoms with Gasteiger partial charge in [0.1, 0.15) is 0 Å². The summed E-state index contributed by atoms with van der Waals surface area (Å²) in [6.45, 7) is 0. The predicted octanol–water partition coefficient (Wildman–Crippen LogP) is 2.84.